The Morgan fingerprint density at radius 1 is 1.41 bits per heavy atom. The lowest BCUT2D eigenvalue weighted by Crippen LogP contribution is -2.41. The largest absolute Gasteiger partial charge is 0.338 e. The van der Waals surface area contributed by atoms with Crippen molar-refractivity contribution in [3.63, 3.8) is 0 Å². The van der Waals surface area contributed by atoms with Gasteiger partial charge in [-0.15, -0.1) is 0 Å². The number of nitrogens with one attached hydrogen (secondary N) is 2. The summed E-state index contributed by atoms with van der Waals surface area (Å²) in [7, 11) is 0. The summed E-state index contributed by atoms with van der Waals surface area (Å²) < 4.78 is 13.7. The van der Waals surface area contributed by atoms with Gasteiger partial charge in [0.2, 0.25) is 0 Å². The first kappa shape index (κ1) is 11.6. The fourth-order valence-corrected chi connectivity index (χ4v) is 1.85. The van der Waals surface area contributed by atoms with E-state index in [1.807, 2.05) is 6.92 Å². The van der Waals surface area contributed by atoms with E-state index in [1.165, 1.54) is 6.07 Å². The van der Waals surface area contributed by atoms with Gasteiger partial charge in [0.15, 0.2) is 5.96 Å². The summed E-state index contributed by atoms with van der Waals surface area (Å²) in [5.74, 6) is -0.312. The normalized spacial score (nSPS) is 25.8. The molecule has 1 fully saturated rings. The third-order valence-electron chi connectivity index (χ3n) is 2.78. The molecular formula is C12H14FN3O. The maximum absolute atomic E-state index is 13.7. The number of guanidine groups is 1. The monoisotopic (exact) mass is 235 g/mol. The summed E-state index contributed by atoms with van der Waals surface area (Å²) >= 11 is 0. The van der Waals surface area contributed by atoms with E-state index < -0.39 is 11.4 Å². The molecule has 1 unspecified atom stereocenters. The maximum Gasteiger partial charge on any atom is 0.256 e. The summed E-state index contributed by atoms with van der Waals surface area (Å²) in [4.78, 5) is 16.0. The molecule has 1 aliphatic heterocycles. The lowest BCUT2D eigenvalue weighted by Gasteiger charge is -2.21. The molecule has 1 aromatic carbocycles. The lowest BCUT2D eigenvalue weighted by atomic mass is 9.92. The molecule has 2 rings (SSSR count). The first-order valence-electron chi connectivity index (χ1n) is 5.47. The minimum absolute atomic E-state index is 0.296. The zero-order valence-electron chi connectivity index (χ0n) is 9.75. The summed E-state index contributed by atoms with van der Waals surface area (Å²) in [6.07, 6.45) is 0. The predicted molar refractivity (Wildman–Crippen MR) is 63.0 cm³/mol. The van der Waals surface area contributed by atoms with Crippen molar-refractivity contribution in [3.8, 4) is 0 Å². The van der Waals surface area contributed by atoms with Crippen LogP contribution in [0.5, 0.6) is 0 Å². The number of benzene rings is 1. The van der Waals surface area contributed by atoms with Gasteiger partial charge in [0.25, 0.3) is 5.91 Å². The fraction of sp³-hybridized carbons (Fsp3) is 0.333. The smallest absolute Gasteiger partial charge is 0.256 e. The molecular weight excluding hydrogens is 221 g/mol. The van der Waals surface area contributed by atoms with E-state index in [9.17, 15) is 9.18 Å². The Labute approximate surface area is 98.9 Å². The van der Waals surface area contributed by atoms with Gasteiger partial charge in [-0.3, -0.25) is 15.1 Å². The average Bonchev–Trinajstić information content (AvgIpc) is 2.56. The van der Waals surface area contributed by atoms with Gasteiger partial charge in [-0.25, -0.2) is 4.39 Å². The van der Waals surface area contributed by atoms with Crippen LogP contribution < -0.4 is 10.6 Å². The number of carbonyl (C=O) groups is 1. The minimum Gasteiger partial charge on any atom is -0.338 e. The molecule has 90 valence electrons. The molecule has 1 aromatic rings. The van der Waals surface area contributed by atoms with E-state index in [4.69, 9.17) is 0 Å². The van der Waals surface area contributed by atoms with Gasteiger partial charge in [-0.05, 0) is 19.9 Å². The standard InChI is InChI=1S/C12H14FN3O/c1-3-14-11-15-10(17)12(2,16-11)8-6-4-5-7-9(8)13/h4-7H,3H2,1-2H3,(H2,14,15,16,17). The summed E-state index contributed by atoms with van der Waals surface area (Å²) in [6.45, 7) is 4.05. The first-order valence-corrected chi connectivity index (χ1v) is 5.47. The van der Waals surface area contributed by atoms with Gasteiger partial charge in [-0.2, -0.15) is 0 Å². The number of hydrogen-bond donors (Lipinski definition) is 2. The van der Waals surface area contributed by atoms with Crippen LogP contribution in [0.1, 0.15) is 19.4 Å². The van der Waals surface area contributed by atoms with E-state index in [2.05, 4.69) is 15.6 Å². The quantitative estimate of drug-likeness (QED) is 0.807. The Hall–Kier alpha value is -1.91. The summed E-state index contributed by atoms with van der Waals surface area (Å²) in [6, 6.07) is 6.23. The number of halogens is 1. The van der Waals surface area contributed by atoms with Crippen molar-refractivity contribution in [2.45, 2.75) is 19.4 Å². The summed E-state index contributed by atoms with van der Waals surface area (Å²) in [5.41, 5.74) is -0.780. The highest BCUT2D eigenvalue weighted by Gasteiger charge is 2.43. The highest BCUT2D eigenvalue weighted by molar-refractivity contribution is 6.09. The van der Waals surface area contributed by atoms with Gasteiger partial charge < -0.3 is 5.32 Å². The number of nitrogens with zero attached hydrogens (tertiary/aromatic N) is 1. The van der Waals surface area contributed by atoms with E-state index in [-0.39, 0.29) is 5.91 Å². The first-order chi connectivity index (χ1) is 8.08. The van der Waals surface area contributed by atoms with Gasteiger partial charge in [-0.1, -0.05) is 18.2 Å². The number of aliphatic imine (C=N–C) groups is 1. The summed E-state index contributed by atoms with van der Waals surface area (Å²) in [5, 5.41) is 5.53. The molecule has 5 heteroatoms. The van der Waals surface area contributed by atoms with Crippen LogP contribution in [0.25, 0.3) is 0 Å². The minimum atomic E-state index is -1.10. The van der Waals surface area contributed by atoms with E-state index in [0.717, 1.165) is 0 Å². The Morgan fingerprint density at radius 2 is 2.12 bits per heavy atom. The number of rotatable bonds is 2. The molecule has 1 atom stereocenters. The molecule has 0 radical (unpaired) electrons. The average molecular weight is 235 g/mol. The number of carbonyl (C=O) groups excluding carboxylic acids is 1. The van der Waals surface area contributed by atoms with E-state index in [1.54, 1.807) is 25.1 Å². The molecule has 0 aromatic heterocycles. The molecule has 0 spiro atoms. The second-order valence-corrected chi connectivity index (χ2v) is 4.01. The predicted octanol–water partition coefficient (Wildman–Crippen LogP) is 1.14. The van der Waals surface area contributed by atoms with Crippen molar-refractivity contribution in [2.75, 3.05) is 6.54 Å². The fourth-order valence-electron chi connectivity index (χ4n) is 1.85. The second-order valence-electron chi connectivity index (χ2n) is 4.01. The van der Waals surface area contributed by atoms with E-state index >= 15 is 0 Å². The van der Waals surface area contributed by atoms with Crippen molar-refractivity contribution in [1.29, 1.82) is 0 Å². The molecule has 1 heterocycles. The molecule has 1 aliphatic rings. The van der Waals surface area contributed by atoms with Crippen molar-refractivity contribution in [3.05, 3.63) is 35.6 Å². The lowest BCUT2D eigenvalue weighted by molar-refractivity contribution is -0.123. The highest BCUT2D eigenvalue weighted by atomic mass is 19.1. The topological polar surface area (TPSA) is 53.5 Å². The third kappa shape index (κ3) is 1.88. The van der Waals surface area contributed by atoms with Gasteiger partial charge in [0, 0.05) is 12.1 Å². The third-order valence-corrected chi connectivity index (χ3v) is 2.78. The molecule has 0 saturated carbocycles. The van der Waals surface area contributed by atoms with Crippen molar-refractivity contribution >= 4 is 11.9 Å². The van der Waals surface area contributed by atoms with Crippen LogP contribution in [-0.4, -0.2) is 18.4 Å². The number of amides is 1. The van der Waals surface area contributed by atoms with Crippen LogP contribution in [-0.2, 0) is 10.3 Å². The van der Waals surface area contributed by atoms with Gasteiger partial charge >= 0.3 is 0 Å². The molecule has 4 nitrogen and oxygen atoms in total. The zero-order chi connectivity index (χ0) is 12.5. The molecule has 17 heavy (non-hydrogen) atoms. The number of hydrogen-bond acceptors (Lipinski definition) is 2. The molecule has 1 amide bonds. The molecule has 2 N–H and O–H groups in total. The Balaban J connectivity index is 2.41. The Morgan fingerprint density at radius 3 is 2.76 bits per heavy atom. The van der Waals surface area contributed by atoms with Gasteiger partial charge in [0.05, 0.1) is 0 Å². The van der Waals surface area contributed by atoms with Crippen molar-refractivity contribution < 1.29 is 9.18 Å². The SMILES string of the molecule is CCN=C1NC(=O)C(C)(c2ccccc2F)N1. The Bertz CT molecular complexity index is 486. The van der Waals surface area contributed by atoms with Crippen LogP contribution in [0.3, 0.4) is 0 Å². The molecule has 0 aliphatic carbocycles. The van der Waals surface area contributed by atoms with Crippen LogP contribution in [0.15, 0.2) is 29.3 Å². The molecule has 1 saturated heterocycles. The highest BCUT2D eigenvalue weighted by Crippen LogP contribution is 2.26. The van der Waals surface area contributed by atoms with E-state index in [0.29, 0.717) is 18.1 Å². The van der Waals surface area contributed by atoms with Gasteiger partial charge in [0.1, 0.15) is 11.4 Å². The van der Waals surface area contributed by atoms with Crippen LogP contribution in [0.4, 0.5) is 4.39 Å². The van der Waals surface area contributed by atoms with Crippen LogP contribution >= 0.6 is 0 Å². The maximum atomic E-state index is 13.7. The van der Waals surface area contributed by atoms with Crippen molar-refractivity contribution in [1.82, 2.24) is 10.6 Å². The Kier molecular flexibility index (Phi) is 2.83. The van der Waals surface area contributed by atoms with Crippen LogP contribution in [0.2, 0.25) is 0 Å². The zero-order valence-corrected chi connectivity index (χ0v) is 9.75. The molecule has 0 bridgehead atoms. The second kappa shape index (κ2) is 4.16. The van der Waals surface area contributed by atoms with Crippen LogP contribution in [0, 0.1) is 5.82 Å². The van der Waals surface area contributed by atoms with Crippen molar-refractivity contribution in [2.24, 2.45) is 4.99 Å².